The van der Waals surface area contributed by atoms with Crippen LogP contribution in [0.3, 0.4) is 0 Å². The Bertz CT molecular complexity index is 760. The van der Waals surface area contributed by atoms with E-state index in [-0.39, 0.29) is 5.91 Å². The molecular formula is C17H16ClNO4. The fourth-order valence-corrected chi connectivity index (χ4v) is 2.52. The number of carbonyl (C=O) groups is 1. The lowest BCUT2D eigenvalue weighted by atomic mass is 10.1. The Morgan fingerprint density at radius 2 is 1.87 bits per heavy atom. The Labute approximate surface area is 139 Å². The number of amides is 1. The fraction of sp³-hybridized carbons (Fsp3) is 0.235. The highest BCUT2D eigenvalue weighted by Crippen LogP contribution is 2.38. The van der Waals surface area contributed by atoms with Crippen LogP contribution in [0.4, 0.5) is 5.69 Å². The molecule has 1 heterocycles. The Morgan fingerprint density at radius 3 is 2.57 bits per heavy atom. The summed E-state index contributed by atoms with van der Waals surface area (Å²) in [6, 6.07) is 8.57. The van der Waals surface area contributed by atoms with Crippen LogP contribution in [-0.4, -0.2) is 26.2 Å². The quantitative estimate of drug-likeness (QED) is 0.931. The van der Waals surface area contributed by atoms with Gasteiger partial charge in [-0.15, -0.1) is 0 Å². The lowest BCUT2D eigenvalue weighted by molar-refractivity contribution is 0.102. The summed E-state index contributed by atoms with van der Waals surface area (Å²) in [4.78, 5) is 12.4. The molecule has 120 valence electrons. The van der Waals surface area contributed by atoms with Crippen molar-refractivity contribution in [2.24, 2.45) is 0 Å². The van der Waals surface area contributed by atoms with Crippen molar-refractivity contribution in [3.8, 4) is 17.2 Å². The topological polar surface area (TPSA) is 56.8 Å². The highest BCUT2D eigenvalue weighted by atomic mass is 35.5. The van der Waals surface area contributed by atoms with Crippen molar-refractivity contribution in [2.45, 2.75) is 6.92 Å². The molecule has 6 heteroatoms. The van der Waals surface area contributed by atoms with Gasteiger partial charge in [-0.25, -0.2) is 0 Å². The first-order valence-electron chi connectivity index (χ1n) is 7.13. The minimum atomic E-state index is -0.276. The van der Waals surface area contributed by atoms with Crippen LogP contribution in [0.2, 0.25) is 5.02 Å². The van der Waals surface area contributed by atoms with E-state index in [1.54, 1.807) is 31.4 Å². The first-order valence-corrected chi connectivity index (χ1v) is 7.51. The number of fused-ring (bicyclic) bond motifs is 1. The molecule has 0 aromatic heterocycles. The van der Waals surface area contributed by atoms with E-state index in [4.69, 9.17) is 25.8 Å². The number of ether oxygens (including phenoxy) is 3. The number of anilines is 1. The molecule has 0 spiro atoms. The van der Waals surface area contributed by atoms with Crippen LogP contribution in [0.25, 0.3) is 0 Å². The van der Waals surface area contributed by atoms with Crippen molar-refractivity contribution in [3.05, 3.63) is 46.5 Å². The zero-order valence-corrected chi connectivity index (χ0v) is 13.6. The van der Waals surface area contributed by atoms with Gasteiger partial charge in [0.1, 0.15) is 19.0 Å². The number of halogens is 1. The molecule has 1 N–H and O–H groups in total. The van der Waals surface area contributed by atoms with Gasteiger partial charge >= 0.3 is 0 Å². The summed E-state index contributed by atoms with van der Waals surface area (Å²) in [5.41, 5.74) is 1.92. The van der Waals surface area contributed by atoms with Gasteiger partial charge in [-0.05, 0) is 24.6 Å². The Kier molecular flexibility index (Phi) is 4.30. The molecule has 1 amide bonds. The average Bonchev–Trinajstić information content (AvgIpc) is 2.56. The fourth-order valence-electron chi connectivity index (χ4n) is 2.32. The normalized spacial score (nSPS) is 12.7. The third-order valence-corrected chi connectivity index (χ3v) is 3.86. The van der Waals surface area contributed by atoms with Crippen LogP contribution >= 0.6 is 11.6 Å². The lowest BCUT2D eigenvalue weighted by Crippen LogP contribution is -2.17. The van der Waals surface area contributed by atoms with E-state index < -0.39 is 0 Å². The minimum absolute atomic E-state index is 0.276. The summed E-state index contributed by atoms with van der Waals surface area (Å²) in [7, 11) is 1.57. The third kappa shape index (κ3) is 3.19. The molecule has 0 unspecified atom stereocenters. The summed E-state index contributed by atoms with van der Waals surface area (Å²) < 4.78 is 16.2. The van der Waals surface area contributed by atoms with Gasteiger partial charge in [0.15, 0.2) is 11.5 Å². The molecule has 0 saturated heterocycles. The van der Waals surface area contributed by atoms with Crippen molar-refractivity contribution in [3.63, 3.8) is 0 Å². The molecule has 2 aromatic rings. The predicted molar refractivity (Wildman–Crippen MR) is 88.1 cm³/mol. The summed E-state index contributed by atoms with van der Waals surface area (Å²) >= 11 is 6.20. The van der Waals surface area contributed by atoms with Crippen molar-refractivity contribution in [2.75, 3.05) is 25.6 Å². The number of hydrogen-bond acceptors (Lipinski definition) is 4. The number of rotatable bonds is 3. The van der Waals surface area contributed by atoms with Gasteiger partial charge in [-0.1, -0.05) is 17.7 Å². The first kappa shape index (κ1) is 15.5. The predicted octanol–water partition coefficient (Wildman–Crippen LogP) is 3.68. The number of benzene rings is 2. The molecule has 3 rings (SSSR count). The van der Waals surface area contributed by atoms with E-state index in [0.29, 0.717) is 46.7 Å². The van der Waals surface area contributed by atoms with Gasteiger partial charge in [0.2, 0.25) is 0 Å². The second-order valence-corrected chi connectivity index (χ2v) is 5.52. The molecule has 5 nitrogen and oxygen atoms in total. The number of nitrogens with one attached hydrogen (secondary N) is 1. The Balaban J connectivity index is 1.85. The highest BCUT2D eigenvalue weighted by Gasteiger charge is 2.17. The molecule has 23 heavy (non-hydrogen) atoms. The molecular weight excluding hydrogens is 318 g/mol. The maximum absolute atomic E-state index is 12.4. The minimum Gasteiger partial charge on any atom is -0.496 e. The number of hydrogen-bond donors (Lipinski definition) is 1. The standard InChI is InChI=1S/C17H16ClNO4/c1-10-3-4-11(7-14(10)21-2)17(20)19-13-9-16-15(8-12(13)18)22-5-6-23-16/h3-4,7-9H,5-6H2,1-2H3,(H,19,20). The first-order chi connectivity index (χ1) is 11.1. The Hall–Kier alpha value is -2.40. The van der Waals surface area contributed by atoms with Crippen LogP contribution in [0.1, 0.15) is 15.9 Å². The summed E-state index contributed by atoms with van der Waals surface area (Å²) in [5.74, 6) is 1.53. The average molecular weight is 334 g/mol. The molecule has 0 fully saturated rings. The van der Waals surface area contributed by atoms with Gasteiger partial charge in [0, 0.05) is 17.7 Å². The van der Waals surface area contributed by atoms with E-state index >= 15 is 0 Å². The van der Waals surface area contributed by atoms with Crippen molar-refractivity contribution in [1.29, 1.82) is 0 Å². The van der Waals surface area contributed by atoms with Crippen molar-refractivity contribution >= 4 is 23.2 Å². The zero-order chi connectivity index (χ0) is 16.4. The van der Waals surface area contributed by atoms with Gasteiger partial charge in [-0.3, -0.25) is 4.79 Å². The second kappa shape index (κ2) is 6.38. The summed E-state index contributed by atoms with van der Waals surface area (Å²) in [5, 5.41) is 3.18. The van der Waals surface area contributed by atoms with E-state index in [2.05, 4.69) is 5.32 Å². The van der Waals surface area contributed by atoms with Crippen molar-refractivity contribution < 1.29 is 19.0 Å². The van der Waals surface area contributed by atoms with Gasteiger partial charge < -0.3 is 19.5 Å². The molecule has 2 aromatic carbocycles. The molecule has 0 bridgehead atoms. The molecule has 1 aliphatic rings. The third-order valence-electron chi connectivity index (χ3n) is 3.55. The smallest absolute Gasteiger partial charge is 0.255 e. The monoisotopic (exact) mass is 333 g/mol. The maximum Gasteiger partial charge on any atom is 0.255 e. The van der Waals surface area contributed by atoms with E-state index in [1.165, 1.54) is 0 Å². The zero-order valence-electron chi connectivity index (χ0n) is 12.8. The Morgan fingerprint density at radius 1 is 1.17 bits per heavy atom. The molecule has 0 atom stereocenters. The highest BCUT2D eigenvalue weighted by molar-refractivity contribution is 6.34. The van der Waals surface area contributed by atoms with Gasteiger partial charge in [0.05, 0.1) is 17.8 Å². The number of carbonyl (C=O) groups excluding carboxylic acids is 1. The van der Waals surface area contributed by atoms with Crippen LogP contribution in [-0.2, 0) is 0 Å². The van der Waals surface area contributed by atoms with E-state index in [1.807, 2.05) is 13.0 Å². The van der Waals surface area contributed by atoms with Gasteiger partial charge in [-0.2, -0.15) is 0 Å². The summed E-state index contributed by atoms with van der Waals surface area (Å²) in [6.07, 6.45) is 0. The van der Waals surface area contributed by atoms with Gasteiger partial charge in [0.25, 0.3) is 5.91 Å². The molecule has 0 saturated carbocycles. The summed E-state index contributed by atoms with van der Waals surface area (Å²) in [6.45, 7) is 2.87. The van der Waals surface area contributed by atoms with Crippen LogP contribution in [0.5, 0.6) is 17.2 Å². The van der Waals surface area contributed by atoms with E-state index in [0.717, 1.165) is 5.56 Å². The second-order valence-electron chi connectivity index (χ2n) is 5.11. The molecule has 0 radical (unpaired) electrons. The van der Waals surface area contributed by atoms with Crippen LogP contribution in [0, 0.1) is 6.92 Å². The van der Waals surface area contributed by atoms with Crippen LogP contribution in [0.15, 0.2) is 30.3 Å². The maximum atomic E-state index is 12.4. The number of aryl methyl sites for hydroxylation is 1. The molecule has 0 aliphatic carbocycles. The largest absolute Gasteiger partial charge is 0.496 e. The molecule has 1 aliphatic heterocycles. The van der Waals surface area contributed by atoms with E-state index in [9.17, 15) is 4.79 Å². The van der Waals surface area contributed by atoms with Crippen molar-refractivity contribution in [1.82, 2.24) is 0 Å². The lowest BCUT2D eigenvalue weighted by Gasteiger charge is -2.20. The van der Waals surface area contributed by atoms with Crippen LogP contribution < -0.4 is 19.5 Å². The SMILES string of the molecule is COc1cc(C(=O)Nc2cc3c(cc2Cl)OCCO3)ccc1C. The number of methoxy groups -OCH3 is 1.